The number of hydrogen-bond acceptors (Lipinski definition) is 5. The Balaban J connectivity index is 1.46. The minimum atomic E-state index is -0.136. The van der Waals surface area contributed by atoms with Crippen LogP contribution in [0.15, 0.2) is 11.6 Å². The Labute approximate surface area is 150 Å². The molecule has 5 atom stereocenters. The second-order valence-electron chi connectivity index (χ2n) is 7.56. The van der Waals surface area contributed by atoms with Gasteiger partial charge in [0.2, 0.25) is 0 Å². The van der Waals surface area contributed by atoms with Crippen molar-refractivity contribution >= 4 is 12.3 Å². The van der Waals surface area contributed by atoms with Gasteiger partial charge in [0.25, 0.3) is 0 Å². The Hall–Kier alpha value is -1.20. The summed E-state index contributed by atoms with van der Waals surface area (Å²) in [7, 11) is 1.43. The third kappa shape index (κ3) is 4.70. The number of ether oxygens (including phenoxy) is 3. The third-order valence-corrected chi connectivity index (χ3v) is 5.90. The van der Waals surface area contributed by atoms with Gasteiger partial charge in [0.1, 0.15) is 6.29 Å². The molecule has 2 aliphatic carbocycles. The lowest BCUT2D eigenvalue weighted by molar-refractivity contribution is -0.194. The van der Waals surface area contributed by atoms with Gasteiger partial charge < -0.3 is 19.0 Å². The van der Waals surface area contributed by atoms with Crippen LogP contribution in [0, 0.1) is 17.8 Å². The molecule has 1 saturated heterocycles. The van der Waals surface area contributed by atoms with Crippen LogP contribution in [-0.2, 0) is 23.8 Å². The van der Waals surface area contributed by atoms with Crippen LogP contribution in [-0.4, -0.2) is 38.4 Å². The van der Waals surface area contributed by atoms with E-state index in [1.165, 1.54) is 12.7 Å². The van der Waals surface area contributed by atoms with Gasteiger partial charge in [-0.2, -0.15) is 0 Å². The van der Waals surface area contributed by atoms with Crippen LogP contribution in [0.5, 0.6) is 0 Å². The molecule has 0 bridgehead atoms. The topological polar surface area (TPSA) is 61.8 Å². The van der Waals surface area contributed by atoms with Gasteiger partial charge in [0, 0.05) is 18.9 Å². The lowest BCUT2D eigenvalue weighted by Gasteiger charge is -2.28. The zero-order valence-corrected chi connectivity index (χ0v) is 15.2. The summed E-state index contributed by atoms with van der Waals surface area (Å²) in [5.74, 6) is 0.698. The highest BCUT2D eigenvalue weighted by Gasteiger charge is 2.46. The smallest absolute Gasteiger partial charge is 0.305 e. The molecule has 25 heavy (non-hydrogen) atoms. The second-order valence-corrected chi connectivity index (χ2v) is 7.56. The fourth-order valence-electron chi connectivity index (χ4n) is 4.57. The van der Waals surface area contributed by atoms with Crippen molar-refractivity contribution in [3.8, 4) is 0 Å². The Bertz CT molecular complexity index is 494. The van der Waals surface area contributed by atoms with Crippen molar-refractivity contribution in [3.63, 3.8) is 0 Å². The molecule has 1 saturated carbocycles. The van der Waals surface area contributed by atoms with E-state index < -0.39 is 0 Å². The van der Waals surface area contributed by atoms with E-state index in [1.54, 1.807) is 0 Å². The van der Waals surface area contributed by atoms with Crippen LogP contribution in [0.2, 0.25) is 0 Å². The van der Waals surface area contributed by atoms with Gasteiger partial charge >= 0.3 is 5.97 Å². The molecule has 0 aromatic rings. The fraction of sp³-hybridized carbons (Fsp3) is 0.800. The maximum absolute atomic E-state index is 11.7. The highest BCUT2D eigenvalue weighted by Crippen LogP contribution is 2.48. The molecule has 2 fully saturated rings. The van der Waals surface area contributed by atoms with Crippen molar-refractivity contribution < 1.29 is 23.8 Å². The number of carbonyl (C=O) groups excluding carboxylic acids is 2. The van der Waals surface area contributed by atoms with E-state index in [0.717, 1.165) is 64.3 Å². The molecule has 5 heteroatoms. The Morgan fingerprint density at radius 3 is 2.96 bits per heavy atom. The van der Waals surface area contributed by atoms with Crippen LogP contribution in [0.1, 0.15) is 57.8 Å². The van der Waals surface area contributed by atoms with Gasteiger partial charge in [-0.25, -0.2) is 0 Å². The summed E-state index contributed by atoms with van der Waals surface area (Å²) in [6, 6.07) is 0. The van der Waals surface area contributed by atoms with Crippen molar-refractivity contribution in [3.05, 3.63) is 11.6 Å². The normalized spacial score (nSPS) is 34.4. The number of esters is 1. The summed E-state index contributed by atoms with van der Waals surface area (Å²) in [5, 5.41) is 0. The zero-order chi connectivity index (χ0) is 17.6. The molecule has 3 aliphatic rings. The van der Waals surface area contributed by atoms with Crippen LogP contribution >= 0.6 is 0 Å². The standard InChI is InChI=1S/C20H30O5/c1-23-19(22)7-3-2-6-14-10-15-12-18(17(13-21)16(15)11-14)25-20-8-4-5-9-24-20/h10,13,15-18,20H,2-9,11-12H2,1H3/t15-,16-,17+,18+,20?/m1/s1. The van der Waals surface area contributed by atoms with Crippen LogP contribution < -0.4 is 0 Å². The Morgan fingerprint density at radius 2 is 2.24 bits per heavy atom. The van der Waals surface area contributed by atoms with E-state index in [-0.39, 0.29) is 24.3 Å². The summed E-state index contributed by atoms with van der Waals surface area (Å²) >= 11 is 0. The number of hydrogen-bond donors (Lipinski definition) is 0. The molecule has 0 radical (unpaired) electrons. The molecule has 1 aliphatic heterocycles. The highest BCUT2D eigenvalue weighted by molar-refractivity contribution is 5.68. The first-order valence-electron chi connectivity index (χ1n) is 9.70. The van der Waals surface area contributed by atoms with Gasteiger partial charge in [-0.3, -0.25) is 4.79 Å². The number of methoxy groups -OCH3 is 1. The SMILES string of the molecule is COC(=O)CCCCC1=C[C@@H]2C[C@H](OC3CCCCO3)[C@@H](C=O)[C@@H]2C1. The van der Waals surface area contributed by atoms with Crippen LogP contribution in [0.3, 0.4) is 0 Å². The van der Waals surface area contributed by atoms with Crippen molar-refractivity contribution in [2.24, 2.45) is 17.8 Å². The number of rotatable bonds is 8. The lowest BCUT2D eigenvalue weighted by atomic mass is 9.90. The monoisotopic (exact) mass is 350 g/mol. The summed E-state index contributed by atoms with van der Waals surface area (Å²) in [4.78, 5) is 22.8. The largest absolute Gasteiger partial charge is 0.469 e. The first kappa shape index (κ1) is 18.6. The predicted molar refractivity (Wildman–Crippen MR) is 92.8 cm³/mol. The molecule has 1 unspecified atom stereocenters. The Kier molecular flexibility index (Phi) is 6.65. The maximum atomic E-state index is 11.7. The second kappa shape index (κ2) is 8.95. The quantitative estimate of drug-likeness (QED) is 0.290. The van der Waals surface area contributed by atoms with E-state index in [9.17, 15) is 9.59 Å². The fourth-order valence-corrected chi connectivity index (χ4v) is 4.57. The number of carbonyl (C=O) groups is 2. The molecule has 140 valence electrons. The number of fused-ring (bicyclic) bond motifs is 1. The maximum Gasteiger partial charge on any atom is 0.305 e. The highest BCUT2D eigenvalue weighted by atomic mass is 16.7. The van der Waals surface area contributed by atoms with Crippen molar-refractivity contribution in [2.45, 2.75) is 70.2 Å². The third-order valence-electron chi connectivity index (χ3n) is 5.90. The average Bonchev–Trinajstić information content (AvgIpc) is 3.16. The Morgan fingerprint density at radius 1 is 1.36 bits per heavy atom. The van der Waals surface area contributed by atoms with Gasteiger partial charge in [-0.15, -0.1) is 0 Å². The molecule has 3 rings (SSSR count). The van der Waals surface area contributed by atoms with Crippen molar-refractivity contribution in [2.75, 3.05) is 13.7 Å². The predicted octanol–water partition coefficient (Wildman–Crippen LogP) is 3.41. The van der Waals surface area contributed by atoms with E-state index in [0.29, 0.717) is 18.3 Å². The summed E-state index contributed by atoms with van der Waals surface area (Å²) in [6.07, 6.45) is 11.9. The van der Waals surface area contributed by atoms with E-state index >= 15 is 0 Å². The zero-order valence-electron chi connectivity index (χ0n) is 15.2. The summed E-state index contributed by atoms with van der Waals surface area (Å²) in [6.45, 7) is 0.769. The number of unbranched alkanes of at least 4 members (excludes halogenated alkanes) is 1. The molecular formula is C20H30O5. The van der Waals surface area contributed by atoms with Crippen LogP contribution in [0.25, 0.3) is 0 Å². The molecule has 0 amide bonds. The van der Waals surface area contributed by atoms with Gasteiger partial charge in [-0.1, -0.05) is 11.6 Å². The van der Waals surface area contributed by atoms with Crippen molar-refractivity contribution in [1.82, 2.24) is 0 Å². The first-order valence-corrected chi connectivity index (χ1v) is 9.70. The molecule has 0 spiro atoms. The van der Waals surface area contributed by atoms with Crippen LogP contribution in [0.4, 0.5) is 0 Å². The molecule has 0 aromatic carbocycles. The lowest BCUT2D eigenvalue weighted by Crippen LogP contribution is -2.32. The first-order chi connectivity index (χ1) is 12.2. The molecule has 0 aromatic heterocycles. The molecular weight excluding hydrogens is 320 g/mol. The van der Waals surface area contributed by atoms with Gasteiger partial charge in [0.05, 0.1) is 13.2 Å². The van der Waals surface area contributed by atoms with Crippen molar-refractivity contribution in [1.29, 1.82) is 0 Å². The molecule has 5 nitrogen and oxygen atoms in total. The van der Waals surface area contributed by atoms with Gasteiger partial charge in [-0.05, 0) is 63.2 Å². The molecule has 0 N–H and O–H groups in total. The molecule has 1 heterocycles. The average molecular weight is 350 g/mol. The summed E-state index contributed by atoms with van der Waals surface area (Å²) < 4.78 is 16.5. The minimum Gasteiger partial charge on any atom is -0.469 e. The van der Waals surface area contributed by atoms with E-state index in [1.807, 2.05) is 0 Å². The number of allylic oxidation sites excluding steroid dienone is 2. The van der Waals surface area contributed by atoms with E-state index in [2.05, 4.69) is 10.8 Å². The number of aldehydes is 1. The summed E-state index contributed by atoms with van der Waals surface area (Å²) in [5.41, 5.74) is 1.44. The van der Waals surface area contributed by atoms with E-state index in [4.69, 9.17) is 9.47 Å². The minimum absolute atomic E-state index is 0.00715. The van der Waals surface area contributed by atoms with Gasteiger partial charge in [0.15, 0.2) is 6.29 Å².